The van der Waals surface area contributed by atoms with Crippen molar-refractivity contribution < 1.29 is 9.21 Å². The highest BCUT2D eigenvalue weighted by atomic mass is 35.5. The topological polar surface area (TPSA) is 72.4 Å². The molecule has 1 saturated heterocycles. The van der Waals surface area contributed by atoms with Crippen molar-refractivity contribution in [3.8, 4) is 0 Å². The van der Waals surface area contributed by atoms with E-state index in [-0.39, 0.29) is 48.6 Å². The summed E-state index contributed by atoms with van der Waals surface area (Å²) in [5.41, 5.74) is 7.38. The van der Waals surface area contributed by atoms with Crippen LogP contribution >= 0.6 is 36.4 Å². The molecule has 0 spiro atoms. The number of piperidine rings is 1. The lowest BCUT2D eigenvalue weighted by atomic mass is 9.94. The zero-order chi connectivity index (χ0) is 16.6. The number of oxazole rings is 1. The van der Waals surface area contributed by atoms with Crippen molar-refractivity contribution >= 4 is 53.4 Å². The van der Waals surface area contributed by atoms with E-state index in [1.165, 1.54) is 0 Å². The fraction of sp³-hybridized carbons (Fsp3) is 0.529. The van der Waals surface area contributed by atoms with Crippen LogP contribution in [-0.4, -0.2) is 34.9 Å². The normalized spacial score (nSPS) is 17.5. The van der Waals surface area contributed by atoms with Crippen molar-refractivity contribution in [2.45, 2.75) is 38.6 Å². The summed E-state index contributed by atoms with van der Waals surface area (Å²) in [4.78, 5) is 18.8. The molecule has 1 fully saturated rings. The number of carbonyl (C=O) groups excluding carboxylic acids is 1. The van der Waals surface area contributed by atoms with Crippen LogP contribution in [-0.2, 0) is 4.79 Å². The summed E-state index contributed by atoms with van der Waals surface area (Å²) in [7, 11) is 0. The third kappa shape index (κ3) is 4.79. The Morgan fingerprint density at radius 3 is 2.56 bits per heavy atom. The monoisotopic (exact) mass is 407 g/mol. The number of benzene rings is 1. The Bertz CT molecular complexity index is 712. The average Bonchev–Trinajstić information content (AvgIpc) is 2.96. The molecule has 2 aromatic rings. The van der Waals surface area contributed by atoms with Gasteiger partial charge in [0.15, 0.2) is 11.5 Å². The smallest absolute Gasteiger partial charge is 0.226 e. The molecule has 1 aromatic carbocycles. The van der Waals surface area contributed by atoms with Crippen LogP contribution in [0.1, 0.15) is 38.5 Å². The standard InChI is InChI=1S/C17H22ClN3O2.2ClH/c1-10(11(2)19)17(22)21-7-5-12(6-8-21)16-20-14-9-13(18)3-4-15(14)23-16;;/h3-4,9-12H,5-8,19H2,1-2H3;2*1H. The number of nitrogens with two attached hydrogens (primary N) is 1. The molecule has 0 aliphatic carbocycles. The molecule has 1 aliphatic rings. The SMILES string of the molecule is CC(N)C(C)C(=O)N1CCC(c2nc3cc(Cl)ccc3o2)CC1.Cl.Cl. The molecule has 8 heteroatoms. The fourth-order valence-electron chi connectivity index (χ4n) is 2.95. The number of hydrogen-bond acceptors (Lipinski definition) is 4. The number of carbonyl (C=O) groups is 1. The van der Waals surface area contributed by atoms with Gasteiger partial charge in [0, 0.05) is 30.1 Å². The Hall–Kier alpha value is -1.01. The van der Waals surface area contributed by atoms with Crippen molar-refractivity contribution in [1.29, 1.82) is 0 Å². The first-order valence-corrected chi connectivity index (χ1v) is 8.44. The minimum atomic E-state index is -0.141. The summed E-state index contributed by atoms with van der Waals surface area (Å²) in [5, 5.41) is 0.655. The number of nitrogens with zero attached hydrogens (tertiary/aromatic N) is 2. The van der Waals surface area contributed by atoms with Gasteiger partial charge in [0.1, 0.15) is 5.52 Å². The maximum Gasteiger partial charge on any atom is 0.226 e. The number of fused-ring (bicyclic) bond motifs is 1. The molecular formula is C17H24Cl3N3O2. The highest BCUT2D eigenvalue weighted by molar-refractivity contribution is 6.31. The molecule has 25 heavy (non-hydrogen) atoms. The van der Waals surface area contributed by atoms with Gasteiger partial charge in [-0.15, -0.1) is 24.8 Å². The van der Waals surface area contributed by atoms with Crippen molar-refractivity contribution in [2.75, 3.05) is 13.1 Å². The molecule has 0 bridgehead atoms. The van der Waals surface area contributed by atoms with Crippen LogP contribution in [0.4, 0.5) is 0 Å². The molecule has 140 valence electrons. The van der Waals surface area contributed by atoms with E-state index in [4.69, 9.17) is 21.8 Å². The zero-order valence-corrected chi connectivity index (χ0v) is 16.7. The highest BCUT2D eigenvalue weighted by Gasteiger charge is 2.30. The predicted molar refractivity (Wildman–Crippen MR) is 105 cm³/mol. The van der Waals surface area contributed by atoms with Crippen LogP contribution in [0.5, 0.6) is 0 Å². The van der Waals surface area contributed by atoms with Gasteiger partial charge in [-0.3, -0.25) is 4.79 Å². The molecule has 2 heterocycles. The van der Waals surface area contributed by atoms with E-state index in [2.05, 4.69) is 4.98 Å². The number of aromatic nitrogens is 1. The van der Waals surface area contributed by atoms with E-state index >= 15 is 0 Å². The Labute approximate surface area is 165 Å². The molecule has 1 amide bonds. The molecule has 2 N–H and O–H groups in total. The van der Waals surface area contributed by atoms with Crippen LogP contribution in [0.15, 0.2) is 22.6 Å². The highest BCUT2D eigenvalue weighted by Crippen LogP contribution is 2.31. The van der Waals surface area contributed by atoms with Crippen molar-refractivity contribution in [1.82, 2.24) is 9.88 Å². The minimum Gasteiger partial charge on any atom is -0.440 e. The lowest BCUT2D eigenvalue weighted by molar-refractivity contribution is -0.136. The maximum absolute atomic E-state index is 12.4. The number of hydrogen-bond donors (Lipinski definition) is 1. The number of likely N-dealkylation sites (tertiary alicyclic amines) is 1. The van der Waals surface area contributed by atoms with E-state index in [0.717, 1.165) is 42.9 Å². The molecule has 2 atom stereocenters. The molecule has 5 nitrogen and oxygen atoms in total. The molecule has 1 aliphatic heterocycles. The summed E-state index contributed by atoms with van der Waals surface area (Å²) in [5.74, 6) is 0.992. The second kappa shape index (κ2) is 9.08. The number of halogens is 3. The van der Waals surface area contributed by atoms with Crippen LogP contribution in [0, 0.1) is 5.92 Å². The lowest BCUT2D eigenvalue weighted by Crippen LogP contribution is -2.45. The summed E-state index contributed by atoms with van der Waals surface area (Å²) in [6, 6.07) is 5.33. The quantitative estimate of drug-likeness (QED) is 0.832. The van der Waals surface area contributed by atoms with E-state index in [0.29, 0.717) is 5.02 Å². The van der Waals surface area contributed by atoms with Gasteiger partial charge in [-0.1, -0.05) is 18.5 Å². The predicted octanol–water partition coefficient (Wildman–Crippen LogP) is 4.01. The van der Waals surface area contributed by atoms with Gasteiger partial charge in [-0.05, 0) is 38.0 Å². The first-order chi connectivity index (χ1) is 11.0. The van der Waals surface area contributed by atoms with Gasteiger partial charge in [-0.2, -0.15) is 0 Å². The first kappa shape index (κ1) is 22.0. The molecule has 0 saturated carbocycles. The Morgan fingerprint density at radius 1 is 1.32 bits per heavy atom. The third-order valence-corrected chi connectivity index (χ3v) is 4.94. The zero-order valence-electron chi connectivity index (χ0n) is 14.3. The summed E-state index contributed by atoms with van der Waals surface area (Å²) in [6.45, 7) is 5.21. The van der Waals surface area contributed by atoms with Gasteiger partial charge in [0.25, 0.3) is 0 Å². The van der Waals surface area contributed by atoms with Crippen LogP contribution in [0.3, 0.4) is 0 Å². The van der Waals surface area contributed by atoms with E-state index < -0.39 is 0 Å². The van der Waals surface area contributed by atoms with Gasteiger partial charge < -0.3 is 15.1 Å². The largest absolute Gasteiger partial charge is 0.440 e. The van der Waals surface area contributed by atoms with E-state index in [1.54, 1.807) is 6.07 Å². The van der Waals surface area contributed by atoms with Gasteiger partial charge in [-0.25, -0.2) is 4.98 Å². The summed E-state index contributed by atoms with van der Waals surface area (Å²) < 4.78 is 5.85. The second-order valence-corrected chi connectivity index (χ2v) is 6.85. The molecular weight excluding hydrogens is 385 g/mol. The summed E-state index contributed by atoms with van der Waals surface area (Å²) in [6.07, 6.45) is 1.72. The van der Waals surface area contributed by atoms with Crippen LogP contribution in [0.25, 0.3) is 11.1 Å². The fourth-order valence-corrected chi connectivity index (χ4v) is 3.12. The summed E-state index contributed by atoms with van der Waals surface area (Å²) >= 11 is 5.99. The van der Waals surface area contributed by atoms with Crippen LogP contribution < -0.4 is 5.73 Å². The Kier molecular flexibility index (Phi) is 8.00. The van der Waals surface area contributed by atoms with Crippen molar-refractivity contribution in [3.63, 3.8) is 0 Å². The van der Waals surface area contributed by atoms with Crippen molar-refractivity contribution in [2.24, 2.45) is 11.7 Å². The van der Waals surface area contributed by atoms with Crippen LogP contribution in [0.2, 0.25) is 5.02 Å². The van der Waals surface area contributed by atoms with Gasteiger partial charge in [0.05, 0.1) is 5.92 Å². The second-order valence-electron chi connectivity index (χ2n) is 6.41. The third-order valence-electron chi connectivity index (χ3n) is 4.70. The molecule has 0 radical (unpaired) electrons. The number of rotatable bonds is 3. The first-order valence-electron chi connectivity index (χ1n) is 8.06. The minimum absolute atomic E-state index is 0. The maximum atomic E-state index is 12.4. The van der Waals surface area contributed by atoms with Crippen molar-refractivity contribution in [3.05, 3.63) is 29.1 Å². The molecule has 1 aromatic heterocycles. The van der Waals surface area contributed by atoms with E-state index in [9.17, 15) is 4.79 Å². The average molecular weight is 409 g/mol. The Morgan fingerprint density at radius 2 is 1.96 bits per heavy atom. The molecule has 2 unspecified atom stereocenters. The lowest BCUT2D eigenvalue weighted by Gasteiger charge is -2.33. The number of amides is 1. The molecule has 3 rings (SSSR count). The van der Waals surface area contributed by atoms with E-state index in [1.807, 2.05) is 30.9 Å². The van der Waals surface area contributed by atoms with Gasteiger partial charge in [0.2, 0.25) is 5.91 Å². The van der Waals surface area contributed by atoms with Gasteiger partial charge >= 0.3 is 0 Å². The Balaban J connectivity index is 0.00000156.